The highest BCUT2D eigenvalue weighted by atomic mass is 32.2. The molecule has 2 heterocycles. The molecule has 2 rings (SSSR count). The molecule has 0 aromatic carbocycles. The lowest BCUT2D eigenvalue weighted by atomic mass is 9.90. The standard InChI is InChI=1S/C12H22N2O3S/c1-9-5-10(7-13-6-9)11(15)14-12(2)3-4-18(16,17)8-12/h9-10,13H,3-8H2,1-2H3,(H,14,15). The SMILES string of the molecule is CC1CNCC(C(=O)NC2(C)CCS(=O)(=O)C2)C1. The number of amides is 1. The number of piperidine rings is 1. The van der Waals surface area contributed by atoms with Crippen molar-refractivity contribution >= 4 is 15.7 Å². The zero-order valence-corrected chi connectivity index (χ0v) is 11.8. The molecule has 3 unspecified atom stereocenters. The van der Waals surface area contributed by atoms with Crippen LogP contribution >= 0.6 is 0 Å². The molecule has 5 nitrogen and oxygen atoms in total. The molecule has 104 valence electrons. The van der Waals surface area contributed by atoms with E-state index in [9.17, 15) is 13.2 Å². The number of sulfone groups is 1. The molecule has 1 amide bonds. The third-order valence-electron chi connectivity index (χ3n) is 3.87. The number of carbonyl (C=O) groups excluding carboxylic acids is 1. The van der Waals surface area contributed by atoms with E-state index >= 15 is 0 Å². The summed E-state index contributed by atoms with van der Waals surface area (Å²) < 4.78 is 23.0. The Hall–Kier alpha value is -0.620. The number of nitrogens with one attached hydrogen (secondary N) is 2. The summed E-state index contributed by atoms with van der Waals surface area (Å²) in [5, 5.41) is 6.18. The van der Waals surface area contributed by atoms with Gasteiger partial charge in [-0.2, -0.15) is 0 Å². The molecule has 0 radical (unpaired) electrons. The maximum absolute atomic E-state index is 12.2. The molecule has 0 aliphatic carbocycles. The van der Waals surface area contributed by atoms with E-state index in [0.717, 1.165) is 13.0 Å². The molecule has 0 aromatic heterocycles. The predicted molar refractivity (Wildman–Crippen MR) is 70.0 cm³/mol. The van der Waals surface area contributed by atoms with Crippen LogP contribution in [0.5, 0.6) is 0 Å². The van der Waals surface area contributed by atoms with E-state index in [-0.39, 0.29) is 23.3 Å². The van der Waals surface area contributed by atoms with E-state index in [4.69, 9.17) is 0 Å². The average molecular weight is 274 g/mol. The van der Waals surface area contributed by atoms with E-state index in [2.05, 4.69) is 17.6 Å². The van der Waals surface area contributed by atoms with Gasteiger partial charge in [0.1, 0.15) is 0 Å². The largest absolute Gasteiger partial charge is 0.350 e. The Morgan fingerprint density at radius 2 is 2.11 bits per heavy atom. The van der Waals surface area contributed by atoms with Crippen molar-refractivity contribution in [3.05, 3.63) is 0 Å². The zero-order chi connectivity index (χ0) is 13.4. The monoisotopic (exact) mass is 274 g/mol. The second kappa shape index (κ2) is 4.81. The van der Waals surface area contributed by atoms with Crippen LogP contribution in [-0.2, 0) is 14.6 Å². The Bertz CT molecular complexity index is 435. The third-order valence-corrected chi connectivity index (χ3v) is 5.77. The summed E-state index contributed by atoms with van der Waals surface area (Å²) in [5.41, 5.74) is -0.573. The number of hydrogen-bond donors (Lipinski definition) is 2. The first-order valence-electron chi connectivity index (χ1n) is 6.53. The lowest BCUT2D eigenvalue weighted by molar-refractivity contribution is -0.127. The zero-order valence-electron chi connectivity index (χ0n) is 11.0. The van der Waals surface area contributed by atoms with E-state index in [1.807, 2.05) is 6.92 Å². The Kier molecular flexibility index (Phi) is 3.69. The minimum absolute atomic E-state index is 0.00588. The van der Waals surface area contributed by atoms with Gasteiger partial charge in [0.2, 0.25) is 5.91 Å². The van der Waals surface area contributed by atoms with E-state index in [1.165, 1.54) is 0 Å². The molecule has 0 spiro atoms. The highest BCUT2D eigenvalue weighted by Gasteiger charge is 2.40. The van der Waals surface area contributed by atoms with Crippen LogP contribution in [0.1, 0.15) is 26.7 Å². The van der Waals surface area contributed by atoms with Gasteiger partial charge in [-0.15, -0.1) is 0 Å². The van der Waals surface area contributed by atoms with Crippen molar-refractivity contribution in [3.8, 4) is 0 Å². The first kappa shape index (κ1) is 13.8. The summed E-state index contributed by atoms with van der Waals surface area (Å²) in [6, 6.07) is 0. The topological polar surface area (TPSA) is 75.3 Å². The second-order valence-corrected chi connectivity index (χ2v) is 8.27. The normalized spacial score (nSPS) is 39.4. The fourth-order valence-corrected chi connectivity index (χ4v) is 4.96. The lowest BCUT2D eigenvalue weighted by Gasteiger charge is -2.31. The Balaban J connectivity index is 1.95. The van der Waals surface area contributed by atoms with Crippen molar-refractivity contribution in [3.63, 3.8) is 0 Å². The van der Waals surface area contributed by atoms with Crippen LogP contribution in [-0.4, -0.2) is 44.5 Å². The highest BCUT2D eigenvalue weighted by Crippen LogP contribution is 2.24. The summed E-state index contributed by atoms with van der Waals surface area (Å²) in [4.78, 5) is 12.2. The van der Waals surface area contributed by atoms with Crippen molar-refractivity contribution in [1.82, 2.24) is 10.6 Å². The van der Waals surface area contributed by atoms with Gasteiger partial charge < -0.3 is 10.6 Å². The first-order chi connectivity index (χ1) is 8.30. The van der Waals surface area contributed by atoms with E-state index in [0.29, 0.717) is 18.9 Å². The average Bonchev–Trinajstić information content (AvgIpc) is 2.52. The van der Waals surface area contributed by atoms with Gasteiger partial charge in [-0.1, -0.05) is 6.92 Å². The van der Waals surface area contributed by atoms with Gasteiger partial charge in [0, 0.05) is 6.54 Å². The number of rotatable bonds is 2. The van der Waals surface area contributed by atoms with Crippen molar-refractivity contribution in [2.75, 3.05) is 24.6 Å². The molecule has 2 saturated heterocycles. The lowest BCUT2D eigenvalue weighted by Crippen LogP contribution is -2.52. The van der Waals surface area contributed by atoms with Gasteiger partial charge in [-0.05, 0) is 32.2 Å². The Labute approximate surface area is 109 Å². The van der Waals surface area contributed by atoms with Crippen LogP contribution in [0.4, 0.5) is 0 Å². The summed E-state index contributed by atoms with van der Waals surface area (Å²) in [7, 11) is -2.97. The van der Waals surface area contributed by atoms with Crippen molar-refractivity contribution in [2.45, 2.75) is 32.2 Å². The minimum Gasteiger partial charge on any atom is -0.350 e. The molecule has 2 fully saturated rings. The number of hydrogen-bond acceptors (Lipinski definition) is 4. The van der Waals surface area contributed by atoms with E-state index < -0.39 is 15.4 Å². The summed E-state index contributed by atoms with van der Waals surface area (Å²) in [5.74, 6) is 0.710. The van der Waals surface area contributed by atoms with Gasteiger partial charge in [0.25, 0.3) is 0 Å². The van der Waals surface area contributed by atoms with Gasteiger partial charge in [0.15, 0.2) is 9.84 Å². The van der Waals surface area contributed by atoms with Crippen LogP contribution in [0.25, 0.3) is 0 Å². The van der Waals surface area contributed by atoms with Gasteiger partial charge in [-0.25, -0.2) is 8.42 Å². The molecule has 6 heteroatoms. The molecular formula is C12H22N2O3S. The van der Waals surface area contributed by atoms with Gasteiger partial charge >= 0.3 is 0 Å². The molecule has 3 atom stereocenters. The van der Waals surface area contributed by atoms with Gasteiger partial charge in [-0.3, -0.25) is 4.79 Å². The Morgan fingerprint density at radius 1 is 1.39 bits per heavy atom. The maximum atomic E-state index is 12.2. The predicted octanol–water partition coefficient (Wildman–Crippen LogP) is -0.0746. The van der Waals surface area contributed by atoms with Crippen molar-refractivity contribution < 1.29 is 13.2 Å². The quantitative estimate of drug-likeness (QED) is 0.739. The minimum atomic E-state index is -2.97. The van der Waals surface area contributed by atoms with E-state index in [1.54, 1.807) is 0 Å². The number of carbonyl (C=O) groups is 1. The summed E-state index contributed by atoms with van der Waals surface area (Å²) in [6.45, 7) is 5.59. The molecule has 0 aromatic rings. The van der Waals surface area contributed by atoms with Crippen LogP contribution in [0.2, 0.25) is 0 Å². The molecule has 2 N–H and O–H groups in total. The van der Waals surface area contributed by atoms with Crippen LogP contribution in [0.3, 0.4) is 0 Å². The third kappa shape index (κ3) is 3.23. The fraction of sp³-hybridized carbons (Fsp3) is 0.917. The molecule has 0 saturated carbocycles. The molecule has 2 aliphatic heterocycles. The van der Waals surface area contributed by atoms with Gasteiger partial charge in [0.05, 0.1) is 23.0 Å². The summed E-state index contributed by atoms with van der Waals surface area (Å²) >= 11 is 0. The second-order valence-electron chi connectivity index (χ2n) is 6.09. The molecule has 18 heavy (non-hydrogen) atoms. The fourth-order valence-electron chi connectivity index (χ4n) is 2.86. The van der Waals surface area contributed by atoms with Crippen molar-refractivity contribution in [1.29, 1.82) is 0 Å². The van der Waals surface area contributed by atoms with Crippen LogP contribution < -0.4 is 10.6 Å². The molecular weight excluding hydrogens is 252 g/mol. The van der Waals surface area contributed by atoms with Crippen LogP contribution in [0, 0.1) is 11.8 Å². The van der Waals surface area contributed by atoms with Crippen LogP contribution in [0.15, 0.2) is 0 Å². The molecule has 2 aliphatic rings. The maximum Gasteiger partial charge on any atom is 0.224 e. The summed E-state index contributed by atoms with van der Waals surface area (Å²) in [6.07, 6.45) is 1.40. The Morgan fingerprint density at radius 3 is 2.67 bits per heavy atom. The molecule has 0 bridgehead atoms. The highest BCUT2D eigenvalue weighted by molar-refractivity contribution is 7.91. The van der Waals surface area contributed by atoms with Crippen molar-refractivity contribution in [2.24, 2.45) is 11.8 Å². The smallest absolute Gasteiger partial charge is 0.224 e. The first-order valence-corrected chi connectivity index (χ1v) is 8.35.